The van der Waals surface area contributed by atoms with Gasteiger partial charge in [-0.15, -0.1) is 0 Å². The van der Waals surface area contributed by atoms with Crippen LogP contribution >= 0.6 is 0 Å². The molecule has 0 saturated heterocycles. The largest absolute Gasteiger partial charge is 0.478 e. The molecule has 1 N–H and O–H groups in total. The van der Waals surface area contributed by atoms with Crippen molar-refractivity contribution in [1.82, 2.24) is 0 Å². The number of esters is 1. The minimum atomic E-state index is -0.999. The number of methoxy groups -OCH3 is 1. The molecule has 9 rings (SSSR count). The molecular formula is C56H36O6. The first kappa shape index (κ1) is 38.9. The summed E-state index contributed by atoms with van der Waals surface area (Å²) in [5.74, 6) is 14.4. The molecule has 0 fully saturated rings. The lowest BCUT2D eigenvalue weighted by Gasteiger charge is -2.34. The summed E-state index contributed by atoms with van der Waals surface area (Å²) >= 11 is 0. The fraction of sp³-hybridized carbons (Fsp3) is 0.0357. The summed E-state index contributed by atoms with van der Waals surface area (Å²) in [5.41, 5.74) is 9.62. The molecule has 0 radical (unpaired) electrons. The van der Waals surface area contributed by atoms with Crippen molar-refractivity contribution in [3.63, 3.8) is 0 Å². The van der Waals surface area contributed by atoms with Crippen LogP contribution < -0.4 is 9.47 Å². The van der Waals surface area contributed by atoms with Crippen LogP contribution in [0.2, 0.25) is 0 Å². The molecule has 0 unspecified atom stereocenters. The van der Waals surface area contributed by atoms with E-state index in [1.807, 2.05) is 84.9 Å². The number of benzene rings is 8. The average Bonchev–Trinajstić information content (AvgIpc) is 3.61. The molecule has 0 atom stereocenters. The molecule has 0 aromatic heterocycles. The van der Waals surface area contributed by atoms with Gasteiger partial charge < -0.3 is 19.3 Å². The third-order valence-corrected chi connectivity index (χ3v) is 10.8. The maximum Gasteiger partial charge on any atom is 0.337 e. The maximum atomic E-state index is 12.0. The van der Waals surface area contributed by atoms with E-state index in [-0.39, 0.29) is 5.56 Å². The Hall–Kier alpha value is -8.58. The Balaban J connectivity index is 1.20. The number of hydrogen-bond acceptors (Lipinski definition) is 5. The lowest BCUT2D eigenvalue weighted by Crippen LogP contribution is -2.28. The van der Waals surface area contributed by atoms with Gasteiger partial charge in [0.15, 0.2) is 0 Å². The predicted molar refractivity (Wildman–Crippen MR) is 240 cm³/mol. The molecule has 6 heteroatoms. The van der Waals surface area contributed by atoms with Gasteiger partial charge in [0.2, 0.25) is 0 Å². The first-order valence-corrected chi connectivity index (χ1v) is 19.9. The van der Waals surface area contributed by atoms with Crippen LogP contribution in [-0.4, -0.2) is 24.2 Å². The molecule has 296 valence electrons. The first-order valence-electron chi connectivity index (χ1n) is 19.9. The van der Waals surface area contributed by atoms with Crippen molar-refractivity contribution < 1.29 is 28.9 Å². The molecule has 0 heterocycles. The van der Waals surface area contributed by atoms with Gasteiger partial charge in [-0.05, 0) is 155 Å². The summed E-state index contributed by atoms with van der Waals surface area (Å²) in [4.78, 5) is 23.5. The smallest absolute Gasteiger partial charge is 0.337 e. The van der Waals surface area contributed by atoms with Crippen molar-refractivity contribution in [2.75, 3.05) is 7.11 Å². The van der Waals surface area contributed by atoms with E-state index in [1.54, 1.807) is 36.4 Å². The van der Waals surface area contributed by atoms with Crippen LogP contribution in [0.1, 0.15) is 65.2 Å². The van der Waals surface area contributed by atoms with Gasteiger partial charge in [-0.3, -0.25) is 0 Å². The second kappa shape index (κ2) is 17.0. The Morgan fingerprint density at radius 1 is 0.435 bits per heavy atom. The van der Waals surface area contributed by atoms with Crippen LogP contribution in [-0.2, 0) is 10.2 Å². The summed E-state index contributed by atoms with van der Waals surface area (Å²) in [7, 11) is 1.35. The molecule has 6 nitrogen and oxygen atoms in total. The fourth-order valence-corrected chi connectivity index (χ4v) is 7.86. The van der Waals surface area contributed by atoms with Crippen molar-refractivity contribution in [3.8, 4) is 57.8 Å². The standard InChI is InChI=1S/C56H36O6/c1-60-55(59)43-20-28-47(29-21-43)62-49-32-24-45(25-33-49)56(44-22-30-48(31-23-44)61-46-26-18-42(19-27-46)54(57)58)52-36-40(14-12-38-8-4-2-5-9-38)16-34-50(52)51-35-17-41(37-53(51)56)15-13-39-10-6-3-7-11-39/h2-11,16-37H,1H3,(H,57,58). The highest BCUT2D eigenvalue weighted by Gasteiger charge is 2.46. The monoisotopic (exact) mass is 804 g/mol. The molecule has 0 amide bonds. The molecule has 62 heavy (non-hydrogen) atoms. The molecule has 0 spiro atoms. The lowest BCUT2D eigenvalue weighted by atomic mass is 9.67. The Morgan fingerprint density at radius 2 is 0.806 bits per heavy atom. The third kappa shape index (κ3) is 7.80. The Morgan fingerprint density at radius 3 is 1.19 bits per heavy atom. The quantitative estimate of drug-likeness (QED) is 0.122. The van der Waals surface area contributed by atoms with Gasteiger partial charge in [-0.25, -0.2) is 9.59 Å². The van der Waals surface area contributed by atoms with Gasteiger partial charge in [-0.2, -0.15) is 0 Å². The van der Waals surface area contributed by atoms with Crippen molar-refractivity contribution in [3.05, 3.63) is 250 Å². The number of carbonyl (C=O) groups is 2. The second-order valence-electron chi connectivity index (χ2n) is 14.6. The third-order valence-electron chi connectivity index (χ3n) is 10.8. The van der Waals surface area contributed by atoms with Gasteiger partial charge in [0.05, 0.1) is 23.7 Å². The molecule has 0 bridgehead atoms. The minimum absolute atomic E-state index is 0.182. The predicted octanol–water partition coefficient (Wildman–Crippen LogP) is 11.9. The number of carboxylic acids is 1. The lowest BCUT2D eigenvalue weighted by molar-refractivity contribution is 0.0599. The summed E-state index contributed by atoms with van der Waals surface area (Å²) in [6.07, 6.45) is 0. The van der Waals surface area contributed by atoms with Gasteiger partial charge in [-0.1, -0.05) is 96.5 Å². The van der Waals surface area contributed by atoms with E-state index < -0.39 is 17.4 Å². The van der Waals surface area contributed by atoms with Crippen LogP contribution in [0, 0.1) is 23.7 Å². The summed E-state index contributed by atoms with van der Waals surface area (Å²) in [6, 6.07) is 62.1. The SMILES string of the molecule is COC(=O)c1ccc(Oc2ccc(C3(c4ccc(Oc5ccc(C(=O)O)cc5)cc4)c4cc(C#Cc5ccccc5)ccc4-c4ccc(C#Cc5ccccc5)cc43)cc2)cc1. The number of rotatable bonds is 8. The van der Waals surface area contributed by atoms with E-state index in [0.717, 1.165) is 55.6 Å². The van der Waals surface area contributed by atoms with Crippen LogP contribution in [0.4, 0.5) is 0 Å². The molecule has 1 aliphatic rings. The number of ether oxygens (including phenoxy) is 3. The van der Waals surface area contributed by atoms with Crippen LogP contribution in [0.3, 0.4) is 0 Å². The zero-order valence-electron chi connectivity index (χ0n) is 33.5. The molecule has 0 aliphatic heterocycles. The van der Waals surface area contributed by atoms with E-state index in [2.05, 4.69) is 84.3 Å². The van der Waals surface area contributed by atoms with Crippen LogP contribution in [0.5, 0.6) is 23.0 Å². The first-order chi connectivity index (χ1) is 30.4. The fourth-order valence-electron chi connectivity index (χ4n) is 7.86. The van der Waals surface area contributed by atoms with Gasteiger partial charge in [0, 0.05) is 22.3 Å². The Bertz CT molecular complexity index is 2950. The summed E-state index contributed by atoms with van der Waals surface area (Å²) < 4.78 is 17.4. The highest BCUT2D eigenvalue weighted by Crippen LogP contribution is 2.57. The zero-order valence-corrected chi connectivity index (χ0v) is 33.5. The highest BCUT2D eigenvalue weighted by molar-refractivity contribution is 5.90. The molecule has 0 saturated carbocycles. The second-order valence-corrected chi connectivity index (χ2v) is 14.6. The van der Waals surface area contributed by atoms with E-state index in [1.165, 1.54) is 19.2 Å². The van der Waals surface area contributed by atoms with Crippen molar-refractivity contribution >= 4 is 11.9 Å². The normalized spacial score (nSPS) is 11.7. The number of carbonyl (C=O) groups excluding carboxylic acids is 1. The van der Waals surface area contributed by atoms with E-state index in [9.17, 15) is 14.7 Å². The minimum Gasteiger partial charge on any atom is -0.478 e. The number of carboxylic acid groups (broad SMARTS) is 1. The number of fused-ring (bicyclic) bond motifs is 3. The number of hydrogen-bond donors (Lipinski definition) is 1. The molecule has 8 aromatic rings. The average molecular weight is 805 g/mol. The van der Waals surface area contributed by atoms with Crippen LogP contribution in [0.25, 0.3) is 11.1 Å². The maximum absolute atomic E-state index is 12.0. The van der Waals surface area contributed by atoms with Crippen molar-refractivity contribution in [2.24, 2.45) is 0 Å². The van der Waals surface area contributed by atoms with E-state index in [0.29, 0.717) is 28.6 Å². The van der Waals surface area contributed by atoms with Gasteiger partial charge in [0.1, 0.15) is 23.0 Å². The Kier molecular flexibility index (Phi) is 10.6. The van der Waals surface area contributed by atoms with E-state index in [4.69, 9.17) is 14.2 Å². The van der Waals surface area contributed by atoms with Crippen molar-refractivity contribution in [2.45, 2.75) is 5.41 Å². The number of aromatic carboxylic acids is 1. The van der Waals surface area contributed by atoms with Crippen molar-refractivity contribution in [1.29, 1.82) is 0 Å². The zero-order chi connectivity index (χ0) is 42.5. The van der Waals surface area contributed by atoms with E-state index >= 15 is 0 Å². The summed E-state index contributed by atoms with van der Waals surface area (Å²) in [6.45, 7) is 0. The molecule has 8 aromatic carbocycles. The molecular weight excluding hydrogens is 769 g/mol. The van der Waals surface area contributed by atoms with Crippen LogP contribution in [0.15, 0.2) is 194 Å². The van der Waals surface area contributed by atoms with Gasteiger partial charge in [0.25, 0.3) is 0 Å². The topological polar surface area (TPSA) is 82.1 Å². The Labute approximate surface area is 359 Å². The summed E-state index contributed by atoms with van der Waals surface area (Å²) in [5, 5.41) is 9.39. The van der Waals surface area contributed by atoms with Gasteiger partial charge >= 0.3 is 11.9 Å². The molecule has 1 aliphatic carbocycles. The highest BCUT2D eigenvalue weighted by atomic mass is 16.5.